The van der Waals surface area contributed by atoms with Crippen LogP contribution in [-0.2, 0) is 9.59 Å². The van der Waals surface area contributed by atoms with Crippen LogP contribution in [0.5, 0.6) is 5.75 Å². The number of phenolic OH excluding ortho intramolecular Hbond substituents is 1. The Hall–Kier alpha value is -4.66. The van der Waals surface area contributed by atoms with Crippen LogP contribution in [0, 0.1) is 5.92 Å². The van der Waals surface area contributed by atoms with Crippen molar-refractivity contribution in [2.24, 2.45) is 5.92 Å². The zero-order chi connectivity index (χ0) is 24.6. The fourth-order valence-corrected chi connectivity index (χ4v) is 3.74. The van der Waals surface area contributed by atoms with Crippen molar-refractivity contribution in [3.63, 3.8) is 0 Å². The number of nitrogens with one attached hydrogen (secondary N) is 1. The molecule has 1 heterocycles. The number of amides is 1. The molecule has 1 aliphatic heterocycles. The summed E-state index contributed by atoms with van der Waals surface area (Å²) >= 11 is 0. The summed E-state index contributed by atoms with van der Waals surface area (Å²) < 4.78 is 5.79. The van der Waals surface area contributed by atoms with Crippen molar-refractivity contribution in [3.05, 3.63) is 70.4 Å². The van der Waals surface area contributed by atoms with E-state index in [1.54, 1.807) is 6.07 Å². The van der Waals surface area contributed by atoms with Gasteiger partial charge in [0, 0.05) is 40.8 Å². The minimum absolute atomic E-state index is 0.0630. The molecular weight excluding hydrogens is 442 g/mol. The van der Waals surface area contributed by atoms with E-state index in [2.05, 4.69) is 5.32 Å². The van der Waals surface area contributed by atoms with Crippen molar-refractivity contribution >= 4 is 34.5 Å². The van der Waals surface area contributed by atoms with Gasteiger partial charge in [-0.15, -0.1) is 0 Å². The van der Waals surface area contributed by atoms with Gasteiger partial charge in [0.1, 0.15) is 17.1 Å². The van der Waals surface area contributed by atoms with Crippen LogP contribution in [0.25, 0.3) is 33.4 Å². The largest absolute Gasteiger partial charge is 0.508 e. The number of benzene rings is 3. The van der Waals surface area contributed by atoms with E-state index in [0.717, 1.165) is 0 Å². The Morgan fingerprint density at radius 1 is 0.971 bits per heavy atom. The predicted octanol–water partition coefficient (Wildman–Crippen LogP) is 4.02. The summed E-state index contributed by atoms with van der Waals surface area (Å²) in [5.41, 5.74) is 1.30. The van der Waals surface area contributed by atoms with Crippen molar-refractivity contribution in [2.45, 2.75) is 13.3 Å². The molecule has 4 N–H and O–H groups in total. The van der Waals surface area contributed by atoms with Gasteiger partial charge in [0.05, 0.1) is 11.5 Å². The first-order chi connectivity index (χ1) is 16.1. The van der Waals surface area contributed by atoms with Gasteiger partial charge in [-0.3, -0.25) is 14.4 Å². The minimum Gasteiger partial charge on any atom is -0.508 e. The highest BCUT2D eigenvalue weighted by atomic mass is 16.4. The zero-order valence-corrected chi connectivity index (χ0v) is 17.9. The van der Waals surface area contributed by atoms with Gasteiger partial charge in [0.25, 0.3) is 0 Å². The summed E-state index contributed by atoms with van der Waals surface area (Å²) in [7, 11) is 0. The molecular formula is C25H19NO8. The Kier molecular flexibility index (Phi) is 5.77. The maximum atomic E-state index is 12.2. The molecule has 2 aromatic carbocycles. The number of carbonyl (C=O) groups excluding carboxylic acids is 1. The topological polar surface area (TPSA) is 154 Å². The van der Waals surface area contributed by atoms with Gasteiger partial charge >= 0.3 is 11.9 Å². The van der Waals surface area contributed by atoms with Gasteiger partial charge < -0.3 is 25.1 Å². The van der Waals surface area contributed by atoms with Gasteiger partial charge in [0.2, 0.25) is 5.91 Å². The summed E-state index contributed by atoms with van der Waals surface area (Å²) in [4.78, 5) is 47.2. The van der Waals surface area contributed by atoms with Gasteiger partial charge in [-0.25, -0.2) is 4.79 Å². The number of phenols is 1. The lowest BCUT2D eigenvalue weighted by Crippen LogP contribution is -2.20. The Balaban J connectivity index is 1.88. The molecule has 34 heavy (non-hydrogen) atoms. The maximum absolute atomic E-state index is 12.2. The average Bonchev–Trinajstić information content (AvgIpc) is 2.77. The van der Waals surface area contributed by atoms with E-state index < -0.39 is 23.8 Å². The lowest BCUT2D eigenvalue weighted by atomic mass is 9.90. The monoisotopic (exact) mass is 461 g/mol. The molecule has 1 amide bonds. The highest BCUT2D eigenvalue weighted by molar-refractivity contribution is 6.08. The van der Waals surface area contributed by atoms with Gasteiger partial charge in [-0.2, -0.15) is 0 Å². The van der Waals surface area contributed by atoms with Crippen molar-refractivity contribution in [3.8, 4) is 28.2 Å². The number of anilines is 1. The molecule has 1 aliphatic carbocycles. The van der Waals surface area contributed by atoms with Crippen LogP contribution in [0.1, 0.15) is 23.7 Å². The number of carboxylic acid groups (broad SMARTS) is 2. The molecule has 1 atom stereocenters. The standard InChI is InChI=1S/C25H19NO8/c1-12(24(30)31)8-22(29)26-13-2-5-16(19(9-13)25(32)33)23-17-6-3-14(27)10-20(17)34-21-11-15(28)4-7-18(21)23/h2-7,9-12,27H,8H2,1H3,(H,26,29)(H,30,31)(H,32,33). The predicted molar refractivity (Wildman–Crippen MR) is 123 cm³/mol. The van der Waals surface area contributed by atoms with Crippen LogP contribution in [0.2, 0.25) is 0 Å². The molecule has 172 valence electrons. The number of rotatable bonds is 6. The van der Waals surface area contributed by atoms with E-state index >= 15 is 0 Å². The molecule has 0 saturated carbocycles. The number of hydrogen-bond acceptors (Lipinski definition) is 6. The second kappa shape index (κ2) is 8.70. The summed E-state index contributed by atoms with van der Waals surface area (Å²) in [5, 5.41) is 31.8. The van der Waals surface area contributed by atoms with Crippen LogP contribution >= 0.6 is 0 Å². The van der Waals surface area contributed by atoms with Crippen LogP contribution in [0.15, 0.2) is 63.8 Å². The third-order valence-corrected chi connectivity index (χ3v) is 5.39. The smallest absolute Gasteiger partial charge is 0.336 e. The van der Waals surface area contributed by atoms with Gasteiger partial charge in [0.15, 0.2) is 5.43 Å². The van der Waals surface area contributed by atoms with E-state index in [1.165, 1.54) is 55.5 Å². The molecule has 1 unspecified atom stereocenters. The molecule has 0 bridgehead atoms. The first-order valence-electron chi connectivity index (χ1n) is 10.2. The van der Waals surface area contributed by atoms with Crippen LogP contribution < -0.4 is 10.7 Å². The highest BCUT2D eigenvalue weighted by Crippen LogP contribution is 2.42. The van der Waals surface area contributed by atoms with Crippen LogP contribution in [0.4, 0.5) is 5.69 Å². The first-order valence-corrected chi connectivity index (χ1v) is 10.2. The average molecular weight is 461 g/mol. The third kappa shape index (κ3) is 4.31. The quantitative estimate of drug-likeness (QED) is 0.314. The maximum Gasteiger partial charge on any atom is 0.336 e. The molecule has 0 fully saturated rings. The van der Waals surface area contributed by atoms with E-state index in [-0.39, 0.29) is 40.2 Å². The zero-order valence-electron chi connectivity index (χ0n) is 17.9. The van der Waals surface area contributed by atoms with Crippen molar-refractivity contribution < 1.29 is 34.1 Å². The van der Waals surface area contributed by atoms with E-state index in [0.29, 0.717) is 22.1 Å². The van der Waals surface area contributed by atoms with Crippen molar-refractivity contribution in [1.29, 1.82) is 0 Å². The Labute approximate surface area is 192 Å². The number of aliphatic carboxylic acids is 1. The second-order valence-electron chi connectivity index (χ2n) is 7.87. The van der Waals surface area contributed by atoms with Crippen molar-refractivity contribution in [2.75, 3.05) is 5.32 Å². The lowest BCUT2D eigenvalue weighted by Gasteiger charge is -2.17. The molecule has 0 spiro atoms. The first kappa shape index (κ1) is 22.5. The number of aromatic hydroxyl groups is 1. The normalized spacial score (nSPS) is 11.9. The number of aromatic carboxylic acids is 1. The second-order valence-corrected chi connectivity index (χ2v) is 7.87. The number of hydrogen-bond donors (Lipinski definition) is 4. The molecule has 2 aliphatic rings. The van der Waals surface area contributed by atoms with Crippen molar-refractivity contribution in [1.82, 2.24) is 0 Å². The summed E-state index contributed by atoms with van der Waals surface area (Å²) in [6.45, 7) is 1.40. The van der Waals surface area contributed by atoms with E-state index in [4.69, 9.17) is 9.52 Å². The van der Waals surface area contributed by atoms with Crippen LogP contribution in [-0.4, -0.2) is 33.2 Å². The Morgan fingerprint density at radius 2 is 1.71 bits per heavy atom. The molecule has 2 aromatic rings. The number of carboxylic acids is 2. The Bertz CT molecular complexity index is 1490. The molecule has 0 saturated heterocycles. The highest BCUT2D eigenvalue weighted by Gasteiger charge is 2.23. The van der Waals surface area contributed by atoms with Crippen LogP contribution in [0.3, 0.4) is 0 Å². The number of fused-ring (bicyclic) bond motifs is 2. The minimum atomic E-state index is -1.26. The summed E-state index contributed by atoms with van der Waals surface area (Å²) in [5.74, 6) is -3.68. The third-order valence-electron chi connectivity index (χ3n) is 5.39. The molecule has 0 aromatic heterocycles. The number of carbonyl (C=O) groups is 3. The van der Waals surface area contributed by atoms with E-state index in [9.17, 15) is 29.4 Å². The summed E-state index contributed by atoms with van der Waals surface area (Å²) in [6, 6.07) is 12.9. The van der Waals surface area contributed by atoms with E-state index in [1.807, 2.05) is 0 Å². The van der Waals surface area contributed by atoms with Gasteiger partial charge in [-0.05, 0) is 42.0 Å². The summed E-state index contributed by atoms with van der Waals surface area (Å²) in [6.07, 6.45) is -0.268. The SMILES string of the molecule is CC(CC(=O)Nc1ccc(-c2c3ccc(=O)cc-3oc3cc(O)ccc23)c(C(=O)O)c1)C(=O)O. The molecule has 9 heteroatoms. The molecule has 9 nitrogen and oxygen atoms in total. The van der Waals surface area contributed by atoms with Gasteiger partial charge in [-0.1, -0.05) is 13.0 Å². The fourth-order valence-electron chi connectivity index (χ4n) is 3.74. The Morgan fingerprint density at radius 3 is 2.41 bits per heavy atom. The molecule has 0 radical (unpaired) electrons. The fraction of sp³-hybridized carbons (Fsp3) is 0.120. The lowest BCUT2D eigenvalue weighted by molar-refractivity contribution is -0.142. The molecule has 4 rings (SSSR count).